The summed E-state index contributed by atoms with van der Waals surface area (Å²) in [5, 5.41) is 3.21. The standard InChI is InChI=1S/C19H16ClNO5/c1-24-14-9-12-10-26-19(23)16(12)17(18(14)25-2)21-15(22)8-7-11-5-3-4-6-13(11)20/h3-9H,10H2,1-2H3,(H,21,22)/b8-7+. The summed E-state index contributed by atoms with van der Waals surface area (Å²) in [5.41, 5.74) is 1.81. The Morgan fingerprint density at radius 3 is 2.73 bits per heavy atom. The van der Waals surface area contributed by atoms with E-state index in [1.165, 1.54) is 20.3 Å². The zero-order chi connectivity index (χ0) is 18.7. The van der Waals surface area contributed by atoms with Crippen LogP contribution in [0.3, 0.4) is 0 Å². The van der Waals surface area contributed by atoms with Crippen LogP contribution in [0.25, 0.3) is 6.08 Å². The molecule has 7 heteroatoms. The number of hydrogen-bond acceptors (Lipinski definition) is 5. The Labute approximate surface area is 155 Å². The topological polar surface area (TPSA) is 73.9 Å². The van der Waals surface area contributed by atoms with Crippen LogP contribution in [0.2, 0.25) is 5.02 Å². The first-order valence-electron chi connectivity index (χ1n) is 7.73. The lowest BCUT2D eigenvalue weighted by atomic mass is 10.1. The molecule has 0 spiro atoms. The smallest absolute Gasteiger partial charge is 0.341 e. The first kappa shape index (κ1) is 17.8. The number of rotatable bonds is 5. The molecular formula is C19H16ClNO5. The van der Waals surface area contributed by atoms with Crippen molar-refractivity contribution in [2.24, 2.45) is 0 Å². The van der Waals surface area contributed by atoms with Gasteiger partial charge in [-0.2, -0.15) is 0 Å². The summed E-state index contributed by atoms with van der Waals surface area (Å²) in [6.45, 7) is 0.118. The number of nitrogens with one attached hydrogen (secondary N) is 1. The molecule has 0 atom stereocenters. The van der Waals surface area contributed by atoms with Gasteiger partial charge in [0.05, 0.1) is 19.8 Å². The Balaban J connectivity index is 1.94. The second kappa shape index (κ2) is 7.49. The molecule has 26 heavy (non-hydrogen) atoms. The first-order valence-corrected chi connectivity index (χ1v) is 8.11. The fourth-order valence-electron chi connectivity index (χ4n) is 2.67. The molecule has 0 aliphatic carbocycles. The van der Waals surface area contributed by atoms with E-state index in [2.05, 4.69) is 5.32 Å². The lowest BCUT2D eigenvalue weighted by Crippen LogP contribution is -2.13. The van der Waals surface area contributed by atoms with Crippen LogP contribution in [0, 0.1) is 0 Å². The van der Waals surface area contributed by atoms with Crippen LogP contribution in [-0.4, -0.2) is 26.1 Å². The summed E-state index contributed by atoms with van der Waals surface area (Å²) in [6.07, 6.45) is 2.91. The predicted octanol–water partition coefficient (Wildman–Crippen LogP) is 3.68. The third kappa shape index (κ3) is 3.36. The van der Waals surface area contributed by atoms with Crippen molar-refractivity contribution >= 4 is 35.2 Å². The Morgan fingerprint density at radius 2 is 2.04 bits per heavy atom. The predicted molar refractivity (Wildman–Crippen MR) is 97.8 cm³/mol. The molecule has 0 saturated heterocycles. The summed E-state index contributed by atoms with van der Waals surface area (Å²) >= 11 is 6.07. The summed E-state index contributed by atoms with van der Waals surface area (Å²) in [7, 11) is 2.91. The lowest BCUT2D eigenvalue weighted by molar-refractivity contribution is -0.111. The number of carbonyl (C=O) groups excluding carboxylic acids is 2. The molecule has 0 bridgehead atoms. The number of halogens is 1. The highest BCUT2D eigenvalue weighted by Crippen LogP contribution is 2.42. The number of amides is 1. The summed E-state index contributed by atoms with van der Waals surface area (Å²) in [5.74, 6) is -0.316. The number of hydrogen-bond donors (Lipinski definition) is 1. The zero-order valence-corrected chi connectivity index (χ0v) is 14.9. The summed E-state index contributed by atoms with van der Waals surface area (Å²) in [6, 6.07) is 8.79. The minimum absolute atomic E-state index is 0.118. The van der Waals surface area contributed by atoms with Gasteiger partial charge in [-0.15, -0.1) is 0 Å². The molecule has 1 aliphatic rings. The SMILES string of the molecule is COc1cc2c(c(NC(=O)/C=C/c3ccccc3Cl)c1OC)C(=O)OC2. The molecule has 0 fully saturated rings. The number of anilines is 1. The highest BCUT2D eigenvalue weighted by Gasteiger charge is 2.30. The molecule has 6 nitrogen and oxygen atoms in total. The Hall–Kier alpha value is -2.99. The first-order chi connectivity index (χ1) is 12.5. The lowest BCUT2D eigenvalue weighted by Gasteiger charge is -2.15. The summed E-state index contributed by atoms with van der Waals surface area (Å²) < 4.78 is 15.7. The summed E-state index contributed by atoms with van der Waals surface area (Å²) in [4.78, 5) is 24.4. The maximum atomic E-state index is 12.4. The molecule has 1 amide bonds. The third-order valence-corrected chi connectivity index (χ3v) is 4.23. The van der Waals surface area contributed by atoms with Gasteiger partial charge in [0.1, 0.15) is 12.3 Å². The molecule has 1 N–H and O–H groups in total. The minimum atomic E-state index is -0.522. The van der Waals surface area contributed by atoms with Crippen LogP contribution < -0.4 is 14.8 Å². The maximum absolute atomic E-state index is 12.4. The molecule has 3 rings (SSSR count). The van der Waals surface area contributed by atoms with Crippen molar-refractivity contribution in [3.63, 3.8) is 0 Å². The number of benzene rings is 2. The second-order valence-electron chi connectivity index (χ2n) is 5.44. The maximum Gasteiger partial charge on any atom is 0.341 e. The van der Waals surface area contributed by atoms with Crippen LogP contribution in [0.4, 0.5) is 5.69 Å². The van der Waals surface area contributed by atoms with Crippen molar-refractivity contribution in [1.29, 1.82) is 0 Å². The molecule has 0 unspecified atom stereocenters. The van der Waals surface area contributed by atoms with Crippen LogP contribution in [0.1, 0.15) is 21.5 Å². The average Bonchev–Trinajstić information content (AvgIpc) is 3.01. The van der Waals surface area contributed by atoms with Crippen molar-refractivity contribution in [2.45, 2.75) is 6.61 Å². The minimum Gasteiger partial charge on any atom is -0.493 e. The number of ether oxygens (including phenoxy) is 3. The van der Waals surface area contributed by atoms with E-state index in [1.807, 2.05) is 6.07 Å². The van der Waals surface area contributed by atoms with E-state index in [0.29, 0.717) is 21.9 Å². The van der Waals surface area contributed by atoms with Gasteiger partial charge in [-0.25, -0.2) is 4.79 Å². The number of methoxy groups -OCH3 is 2. The van der Waals surface area contributed by atoms with Gasteiger partial charge in [-0.3, -0.25) is 4.79 Å². The van der Waals surface area contributed by atoms with E-state index in [1.54, 1.807) is 30.3 Å². The average molecular weight is 374 g/mol. The number of esters is 1. The number of carbonyl (C=O) groups is 2. The normalized spacial score (nSPS) is 12.7. The van der Waals surface area contributed by atoms with Crippen LogP contribution in [0.5, 0.6) is 11.5 Å². The Kier molecular flexibility index (Phi) is 5.14. The molecule has 0 aromatic heterocycles. The van der Waals surface area contributed by atoms with Gasteiger partial charge >= 0.3 is 5.97 Å². The zero-order valence-electron chi connectivity index (χ0n) is 14.2. The molecular weight excluding hydrogens is 358 g/mol. The molecule has 2 aromatic rings. The molecule has 134 valence electrons. The number of fused-ring (bicyclic) bond motifs is 1. The van der Waals surface area contributed by atoms with Gasteiger partial charge < -0.3 is 19.5 Å². The monoisotopic (exact) mass is 373 g/mol. The second-order valence-corrected chi connectivity index (χ2v) is 5.85. The molecule has 2 aromatic carbocycles. The largest absolute Gasteiger partial charge is 0.493 e. The molecule has 1 aliphatic heterocycles. The van der Waals surface area contributed by atoms with Gasteiger partial charge in [0, 0.05) is 16.7 Å². The van der Waals surface area contributed by atoms with Gasteiger partial charge in [-0.05, 0) is 23.8 Å². The van der Waals surface area contributed by atoms with Crippen molar-refractivity contribution in [3.05, 3.63) is 58.1 Å². The van der Waals surface area contributed by atoms with E-state index >= 15 is 0 Å². The fourth-order valence-corrected chi connectivity index (χ4v) is 2.87. The highest BCUT2D eigenvalue weighted by atomic mass is 35.5. The van der Waals surface area contributed by atoms with Crippen molar-refractivity contribution in [1.82, 2.24) is 0 Å². The third-order valence-electron chi connectivity index (χ3n) is 3.88. The fraction of sp³-hybridized carbons (Fsp3) is 0.158. The van der Waals surface area contributed by atoms with E-state index in [-0.39, 0.29) is 23.6 Å². The van der Waals surface area contributed by atoms with Crippen molar-refractivity contribution < 1.29 is 23.8 Å². The van der Waals surface area contributed by atoms with E-state index in [9.17, 15) is 9.59 Å². The van der Waals surface area contributed by atoms with E-state index in [0.717, 1.165) is 0 Å². The van der Waals surface area contributed by atoms with Crippen molar-refractivity contribution in [2.75, 3.05) is 19.5 Å². The van der Waals surface area contributed by atoms with Crippen LogP contribution in [-0.2, 0) is 16.1 Å². The van der Waals surface area contributed by atoms with Crippen molar-refractivity contribution in [3.8, 4) is 11.5 Å². The quantitative estimate of drug-likeness (QED) is 0.639. The number of cyclic esters (lactones) is 1. The van der Waals surface area contributed by atoms with Gasteiger partial charge in [0.25, 0.3) is 0 Å². The van der Waals surface area contributed by atoms with E-state index in [4.69, 9.17) is 25.8 Å². The highest BCUT2D eigenvalue weighted by molar-refractivity contribution is 6.32. The molecule has 1 heterocycles. The van der Waals surface area contributed by atoms with Crippen LogP contribution in [0.15, 0.2) is 36.4 Å². The van der Waals surface area contributed by atoms with E-state index < -0.39 is 11.9 Å². The molecule has 0 radical (unpaired) electrons. The van der Waals surface area contributed by atoms with Gasteiger partial charge in [-0.1, -0.05) is 29.8 Å². The van der Waals surface area contributed by atoms with Gasteiger partial charge in [0.2, 0.25) is 5.91 Å². The Morgan fingerprint density at radius 1 is 1.27 bits per heavy atom. The van der Waals surface area contributed by atoms with Gasteiger partial charge in [0.15, 0.2) is 11.5 Å². The molecule has 0 saturated carbocycles. The van der Waals surface area contributed by atoms with Crippen LogP contribution >= 0.6 is 11.6 Å². The Bertz CT molecular complexity index is 907.